The molecule has 1 rings (SSSR count). The molecule has 1 fully saturated rings. The van der Waals surface area contributed by atoms with Crippen molar-refractivity contribution in [2.24, 2.45) is 5.92 Å². The van der Waals surface area contributed by atoms with Crippen LogP contribution in [0.1, 0.15) is 45.4 Å². The molecule has 1 nitrogen and oxygen atoms in total. The second-order valence-electron chi connectivity index (χ2n) is 3.43. The summed E-state index contributed by atoms with van der Waals surface area (Å²) in [6.07, 6.45) is 9.49. The van der Waals surface area contributed by atoms with E-state index in [9.17, 15) is 0 Å². The lowest BCUT2D eigenvalue weighted by Crippen LogP contribution is -2.20. The molecule has 1 aliphatic carbocycles. The summed E-state index contributed by atoms with van der Waals surface area (Å²) in [5.74, 6) is 0.656. The lowest BCUT2D eigenvalue weighted by atomic mass is 9.80. The molecule has 0 aliphatic heterocycles. The monoisotopic (exact) mass is 152 g/mol. The predicted octanol–water partition coefficient (Wildman–Crippen LogP) is 3.20. The van der Waals surface area contributed by atoms with Crippen LogP contribution in [-0.2, 0) is 0 Å². The van der Waals surface area contributed by atoms with Gasteiger partial charge in [0.2, 0.25) is 0 Å². The maximum absolute atomic E-state index is 7.69. The van der Waals surface area contributed by atoms with Crippen LogP contribution in [0, 0.1) is 17.7 Å². The summed E-state index contributed by atoms with van der Waals surface area (Å²) < 4.78 is 0. The number of hydrogen-bond acceptors (Lipinski definition) is 1. The van der Waals surface area contributed by atoms with Gasteiger partial charge < -0.3 is 5.41 Å². The fourth-order valence-corrected chi connectivity index (χ4v) is 1.39. The van der Waals surface area contributed by atoms with E-state index in [4.69, 9.17) is 5.41 Å². The summed E-state index contributed by atoms with van der Waals surface area (Å²) in [6, 6.07) is 0. The maximum Gasteiger partial charge on any atom is 0.0123 e. The van der Waals surface area contributed by atoms with Crippen LogP contribution >= 0.6 is 0 Å². The van der Waals surface area contributed by atoms with E-state index in [1.54, 1.807) is 0 Å². The maximum atomic E-state index is 7.69. The summed E-state index contributed by atoms with van der Waals surface area (Å²) in [5.41, 5.74) is 0.977. The molecule has 0 amide bonds. The van der Waals surface area contributed by atoms with Crippen molar-refractivity contribution < 1.29 is 0 Å². The highest BCUT2D eigenvalue weighted by Crippen LogP contribution is 2.28. The van der Waals surface area contributed by atoms with Crippen molar-refractivity contribution in [1.29, 1.82) is 5.41 Å². The SMILES string of the molecule is CCC[CH]CC(=N)C1CCC1. The second-order valence-corrected chi connectivity index (χ2v) is 3.43. The fraction of sp³-hybridized carbons (Fsp3) is 0.800. The van der Waals surface area contributed by atoms with Gasteiger partial charge in [0.15, 0.2) is 0 Å². The quantitative estimate of drug-likeness (QED) is 0.462. The predicted molar refractivity (Wildman–Crippen MR) is 48.9 cm³/mol. The highest BCUT2D eigenvalue weighted by atomic mass is 14.5. The third-order valence-corrected chi connectivity index (χ3v) is 2.46. The van der Waals surface area contributed by atoms with Crippen LogP contribution in [0.2, 0.25) is 0 Å². The van der Waals surface area contributed by atoms with Crippen molar-refractivity contribution in [3.05, 3.63) is 6.42 Å². The fourth-order valence-electron chi connectivity index (χ4n) is 1.39. The first-order valence-electron chi connectivity index (χ1n) is 4.73. The lowest BCUT2D eigenvalue weighted by Gasteiger charge is -2.25. The van der Waals surface area contributed by atoms with Gasteiger partial charge in [-0.1, -0.05) is 26.2 Å². The molecule has 0 bridgehead atoms. The summed E-state index contributed by atoms with van der Waals surface area (Å²) in [6.45, 7) is 2.18. The van der Waals surface area contributed by atoms with E-state index in [1.807, 2.05) is 0 Å². The Bertz CT molecular complexity index is 125. The second kappa shape index (κ2) is 4.53. The molecule has 1 N–H and O–H groups in total. The van der Waals surface area contributed by atoms with Crippen molar-refractivity contribution in [2.75, 3.05) is 0 Å². The standard InChI is InChI=1S/C10H18N/c1-2-3-4-8-10(11)9-6-5-7-9/h4,9,11H,2-3,5-8H2,1H3. The molecule has 0 unspecified atom stereocenters. The van der Waals surface area contributed by atoms with Gasteiger partial charge in [-0.05, 0) is 31.6 Å². The van der Waals surface area contributed by atoms with Crippen LogP contribution < -0.4 is 0 Å². The smallest absolute Gasteiger partial charge is 0.0123 e. The lowest BCUT2D eigenvalue weighted by molar-refractivity contribution is 0.408. The van der Waals surface area contributed by atoms with Gasteiger partial charge in [0.25, 0.3) is 0 Å². The minimum Gasteiger partial charge on any atom is -0.309 e. The third-order valence-electron chi connectivity index (χ3n) is 2.46. The highest BCUT2D eigenvalue weighted by Gasteiger charge is 2.21. The van der Waals surface area contributed by atoms with E-state index in [0.29, 0.717) is 5.92 Å². The van der Waals surface area contributed by atoms with Gasteiger partial charge in [-0.2, -0.15) is 0 Å². The molecule has 0 aromatic rings. The van der Waals surface area contributed by atoms with Crippen LogP contribution in [0.15, 0.2) is 0 Å². The Morgan fingerprint density at radius 3 is 2.73 bits per heavy atom. The van der Waals surface area contributed by atoms with Crippen molar-refractivity contribution in [2.45, 2.75) is 45.4 Å². The normalized spacial score (nSPS) is 17.9. The van der Waals surface area contributed by atoms with Crippen LogP contribution in [-0.4, -0.2) is 5.71 Å². The first kappa shape index (κ1) is 8.76. The van der Waals surface area contributed by atoms with Crippen LogP contribution in [0.5, 0.6) is 0 Å². The molecule has 1 heteroatoms. The molecular formula is C10H18N. The zero-order valence-corrected chi connectivity index (χ0v) is 7.40. The molecule has 1 aliphatic rings. The van der Waals surface area contributed by atoms with Crippen molar-refractivity contribution in [1.82, 2.24) is 0 Å². The number of nitrogens with one attached hydrogen (secondary N) is 1. The van der Waals surface area contributed by atoms with Crippen LogP contribution in [0.25, 0.3) is 0 Å². The highest BCUT2D eigenvalue weighted by molar-refractivity contribution is 5.85. The van der Waals surface area contributed by atoms with Crippen LogP contribution in [0.4, 0.5) is 0 Å². The Balaban J connectivity index is 2.01. The van der Waals surface area contributed by atoms with Gasteiger partial charge in [-0.15, -0.1) is 0 Å². The minimum atomic E-state index is 0.656. The molecule has 63 valence electrons. The molecule has 0 heterocycles. The van der Waals surface area contributed by atoms with E-state index < -0.39 is 0 Å². The topological polar surface area (TPSA) is 23.9 Å². The Morgan fingerprint density at radius 1 is 1.55 bits per heavy atom. The summed E-state index contributed by atoms with van der Waals surface area (Å²) in [4.78, 5) is 0. The van der Waals surface area contributed by atoms with E-state index in [2.05, 4.69) is 13.3 Å². The molecule has 11 heavy (non-hydrogen) atoms. The number of unbranched alkanes of at least 4 members (excludes halogenated alkanes) is 2. The molecule has 0 atom stereocenters. The average Bonchev–Trinajstić information content (AvgIpc) is 1.84. The Kier molecular flexibility index (Phi) is 3.61. The van der Waals surface area contributed by atoms with Gasteiger partial charge in [0.1, 0.15) is 0 Å². The molecule has 1 saturated carbocycles. The molecule has 1 radical (unpaired) electrons. The molecule has 0 aromatic heterocycles. The zero-order chi connectivity index (χ0) is 8.10. The number of hydrogen-bond donors (Lipinski definition) is 1. The van der Waals surface area contributed by atoms with E-state index in [0.717, 1.165) is 12.1 Å². The van der Waals surface area contributed by atoms with Gasteiger partial charge in [0, 0.05) is 5.71 Å². The Morgan fingerprint density at radius 2 is 2.27 bits per heavy atom. The number of rotatable bonds is 5. The van der Waals surface area contributed by atoms with Crippen LogP contribution in [0.3, 0.4) is 0 Å². The van der Waals surface area contributed by atoms with Gasteiger partial charge >= 0.3 is 0 Å². The van der Waals surface area contributed by atoms with Gasteiger partial charge in [0.05, 0.1) is 0 Å². The van der Waals surface area contributed by atoms with Crippen molar-refractivity contribution in [3.63, 3.8) is 0 Å². The Labute approximate surface area is 69.7 Å². The third kappa shape index (κ3) is 2.64. The largest absolute Gasteiger partial charge is 0.309 e. The molecule has 0 aromatic carbocycles. The van der Waals surface area contributed by atoms with E-state index >= 15 is 0 Å². The molecular weight excluding hydrogens is 134 g/mol. The van der Waals surface area contributed by atoms with Crippen molar-refractivity contribution in [3.8, 4) is 0 Å². The van der Waals surface area contributed by atoms with E-state index in [-0.39, 0.29) is 0 Å². The first-order chi connectivity index (χ1) is 5.34. The molecule has 0 saturated heterocycles. The van der Waals surface area contributed by atoms with Gasteiger partial charge in [-0.25, -0.2) is 0 Å². The summed E-state index contributed by atoms with van der Waals surface area (Å²) >= 11 is 0. The minimum absolute atomic E-state index is 0.656. The zero-order valence-electron chi connectivity index (χ0n) is 7.40. The summed E-state index contributed by atoms with van der Waals surface area (Å²) in [5, 5.41) is 7.69. The average molecular weight is 152 g/mol. The van der Waals surface area contributed by atoms with E-state index in [1.165, 1.54) is 32.1 Å². The first-order valence-corrected chi connectivity index (χ1v) is 4.73. The molecule has 0 spiro atoms. The van der Waals surface area contributed by atoms with Crippen molar-refractivity contribution >= 4 is 5.71 Å². The summed E-state index contributed by atoms with van der Waals surface area (Å²) in [7, 11) is 0. The van der Waals surface area contributed by atoms with Gasteiger partial charge in [-0.3, -0.25) is 0 Å². The Hall–Kier alpha value is -0.330.